The average molecular weight is 634 g/mol. The third-order valence-corrected chi connectivity index (χ3v) is 7.95. The second-order valence-corrected chi connectivity index (χ2v) is 10.7. The standard InChI is InChI=1S/2C20H15O.Zr/c2*1-14-10-13-20(21-14)19-12-11-18-16(8-5-9-17(18)19)15-6-3-2-4-7-15;/h2*2-11,13,19H,1H3;/q2*-1;+2. The molecule has 2 aliphatic carbocycles. The molecule has 0 radical (unpaired) electrons. The van der Waals surface area contributed by atoms with E-state index in [-0.39, 0.29) is 38.0 Å². The third kappa shape index (κ3) is 5.75. The Hall–Kier alpha value is -4.20. The van der Waals surface area contributed by atoms with Gasteiger partial charge in [-0.05, 0) is 61.1 Å². The zero-order valence-corrected chi connectivity index (χ0v) is 26.6. The van der Waals surface area contributed by atoms with Gasteiger partial charge < -0.3 is 8.83 Å². The number of hydrogen-bond donors (Lipinski definition) is 0. The van der Waals surface area contributed by atoms with Crippen LogP contribution in [0.3, 0.4) is 0 Å². The predicted octanol–water partition coefficient (Wildman–Crippen LogP) is 10.4. The fourth-order valence-corrected chi connectivity index (χ4v) is 5.93. The molecule has 2 atom stereocenters. The van der Waals surface area contributed by atoms with E-state index in [0.29, 0.717) is 0 Å². The van der Waals surface area contributed by atoms with Crippen LogP contribution in [0.5, 0.6) is 0 Å². The molecule has 0 spiro atoms. The molecule has 8 rings (SSSR count). The minimum Gasteiger partial charge on any atom is -0.467 e. The predicted molar refractivity (Wildman–Crippen MR) is 170 cm³/mol. The Labute approximate surface area is 272 Å². The minimum absolute atomic E-state index is 0. The monoisotopic (exact) mass is 632 g/mol. The molecular formula is C40H30O2Zr. The maximum absolute atomic E-state index is 5.79. The molecule has 0 saturated carbocycles. The number of benzene rings is 4. The number of allylic oxidation sites excluding steroid dienone is 2. The summed E-state index contributed by atoms with van der Waals surface area (Å²) in [4.78, 5) is 0. The van der Waals surface area contributed by atoms with Gasteiger partial charge >= 0.3 is 26.2 Å². The Bertz CT molecular complexity index is 1770. The van der Waals surface area contributed by atoms with Gasteiger partial charge in [0.25, 0.3) is 0 Å². The minimum atomic E-state index is 0. The summed E-state index contributed by atoms with van der Waals surface area (Å²) in [6.45, 7) is 3.95. The van der Waals surface area contributed by atoms with E-state index in [9.17, 15) is 0 Å². The number of furan rings is 2. The van der Waals surface area contributed by atoms with Crippen molar-refractivity contribution in [2.24, 2.45) is 0 Å². The summed E-state index contributed by atoms with van der Waals surface area (Å²) < 4.78 is 11.6. The maximum Gasteiger partial charge on any atom is 2.00 e. The number of fused-ring (bicyclic) bond motifs is 2. The van der Waals surface area contributed by atoms with Crippen molar-refractivity contribution in [3.63, 3.8) is 0 Å². The Kier molecular flexibility index (Phi) is 8.45. The van der Waals surface area contributed by atoms with Crippen molar-refractivity contribution >= 4 is 12.2 Å². The molecule has 6 aromatic rings. The van der Waals surface area contributed by atoms with Gasteiger partial charge in [-0.15, -0.1) is 11.1 Å². The first-order chi connectivity index (χ1) is 20.7. The Morgan fingerprint density at radius 3 is 1.26 bits per heavy atom. The summed E-state index contributed by atoms with van der Waals surface area (Å²) in [5.74, 6) is 4.04. The van der Waals surface area contributed by atoms with Gasteiger partial charge in [0.05, 0.1) is 11.5 Å². The van der Waals surface area contributed by atoms with Crippen molar-refractivity contribution in [1.29, 1.82) is 0 Å². The molecule has 0 aliphatic heterocycles. The first-order valence-corrected chi connectivity index (χ1v) is 14.3. The summed E-state index contributed by atoms with van der Waals surface area (Å²) in [7, 11) is 0. The quantitative estimate of drug-likeness (QED) is 0.181. The smallest absolute Gasteiger partial charge is 0.467 e. The van der Waals surface area contributed by atoms with Gasteiger partial charge in [-0.2, -0.15) is 11.1 Å². The molecule has 2 aromatic heterocycles. The van der Waals surface area contributed by atoms with Crippen LogP contribution in [0, 0.1) is 26.0 Å². The van der Waals surface area contributed by atoms with Crippen LogP contribution in [-0.4, -0.2) is 0 Å². The van der Waals surface area contributed by atoms with E-state index in [1.165, 1.54) is 44.5 Å². The molecule has 2 nitrogen and oxygen atoms in total. The van der Waals surface area contributed by atoms with Gasteiger partial charge in [0.1, 0.15) is 11.5 Å². The van der Waals surface area contributed by atoms with E-state index < -0.39 is 0 Å². The molecule has 0 fully saturated rings. The van der Waals surface area contributed by atoms with Gasteiger partial charge in [-0.1, -0.05) is 108 Å². The third-order valence-electron chi connectivity index (χ3n) is 7.95. The van der Waals surface area contributed by atoms with Crippen molar-refractivity contribution in [3.05, 3.63) is 179 Å². The van der Waals surface area contributed by atoms with Crippen LogP contribution in [0.25, 0.3) is 34.4 Å². The Morgan fingerprint density at radius 1 is 0.465 bits per heavy atom. The molecule has 4 aromatic carbocycles. The van der Waals surface area contributed by atoms with Gasteiger partial charge in [-0.3, -0.25) is 12.2 Å². The summed E-state index contributed by atoms with van der Waals surface area (Å²) >= 11 is 0. The van der Waals surface area contributed by atoms with Gasteiger partial charge in [0, 0.05) is 0 Å². The van der Waals surface area contributed by atoms with Crippen molar-refractivity contribution in [1.82, 2.24) is 0 Å². The van der Waals surface area contributed by atoms with Crippen LogP contribution in [0.4, 0.5) is 0 Å². The van der Waals surface area contributed by atoms with Crippen molar-refractivity contribution in [2.75, 3.05) is 0 Å². The molecule has 206 valence electrons. The van der Waals surface area contributed by atoms with Crippen LogP contribution in [0.15, 0.2) is 130 Å². The second kappa shape index (κ2) is 12.6. The fourth-order valence-electron chi connectivity index (χ4n) is 5.93. The molecule has 0 saturated heterocycles. The summed E-state index contributed by atoms with van der Waals surface area (Å²) in [6, 6.07) is 42.0. The van der Waals surface area contributed by atoms with Crippen LogP contribution in [-0.2, 0) is 26.2 Å². The average Bonchev–Trinajstić information content (AvgIpc) is 3.84. The summed E-state index contributed by atoms with van der Waals surface area (Å²) in [5.41, 5.74) is 10.0. The first kappa shape index (κ1) is 28.9. The molecule has 43 heavy (non-hydrogen) atoms. The van der Waals surface area contributed by atoms with Gasteiger partial charge in [-0.25, -0.2) is 12.2 Å². The van der Waals surface area contributed by atoms with Crippen LogP contribution < -0.4 is 0 Å². The van der Waals surface area contributed by atoms with E-state index in [1.54, 1.807) is 0 Å². The van der Waals surface area contributed by atoms with E-state index in [2.05, 4.69) is 109 Å². The normalized spacial score (nSPS) is 15.8. The molecule has 2 unspecified atom stereocenters. The molecular weight excluding hydrogens is 604 g/mol. The van der Waals surface area contributed by atoms with E-state index in [1.807, 2.05) is 50.2 Å². The number of rotatable bonds is 4. The van der Waals surface area contributed by atoms with E-state index in [0.717, 1.165) is 23.0 Å². The molecule has 2 aliphatic rings. The summed E-state index contributed by atoms with van der Waals surface area (Å²) in [6.07, 6.45) is 11.1. The van der Waals surface area contributed by atoms with Crippen molar-refractivity contribution in [2.45, 2.75) is 25.7 Å². The molecule has 0 N–H and O–H groups in total. The van der Waals surface area contributed by atoms with Crippen LogP contribution >= 0.6 is 0 Å². The summed E-state index contributed by atoms with van der Waals surface area (Å²) in [5, 5.41) is 0. The molecule has 0 amide bonds. The fraction of sp³-hybridized carbons (Fsp3) is 0.100. The Balaban J connectivity index is 0.000000150. The zero-order valence-electron chi connectivity index (χ0n) is 24.2. The largest absolute Gasteiger partial charge is 2.00 e. The molecule has 0 bridgehead atoms. The van der Waals surface area contributed by atoms with Crippen molar-refractivity contribution in [3.8, 4) is 22.3 Å². The SMILES string of the molecule is Cc1ccc(C2[C-]=Cc3c(-c4ccccc4)cccc32)o1.Cc1ccc(C2[C-]=Cc3c(-c4ccccc4)cccc32)o1.[Zr+2]. The Morgan fingerprint density at radius 2 is 0.884 bits per heavy atom. The maximum atomic E-state index is 5.79. The second-order valence-electron chi connectivity index (χ2n) is 10.7. The zero-order chi connectivity index (χ0) is 28.5. The molecule has 2 heterocycles. The number of hydrogen-bond acceptors (Lipinski definition) is 2. The van der Waals surface area contributed by atoms with Gasteiger partial charge in [0.2, 0.25) is 0 Å². The number of aryl methyl sites for hydroxylation is 2. The topological polar surface area (TPSA) is 26.3 Å². The van der Waals surface area contributed by atoms with Crippen LogP contribution in [0.1, 0.15) is 57.1 Å². The van der Waals surface area contributed by atoms with E-state index >= 15 is 0 Å². The van der Waals surface area contributed by atoms with E-state index in [4.69, 9.17) is 8.83 Å². The molecule has 3 heteroatoms. The van der Waals surface area contributed by atoms with Crippen LogP contribution in [0.2, 0.25) is 0 Å². The first-order valence-electron chi connectivity index (χ1n) is 14.3. The van der Waals surface area contributed by atoms with Gasteiger partial charge in [0.15, 0.2) is 0 Å². The van der Waals surface area contributed by atoms with Crippen molar-refractivity contribution < 1.29 is 35.0 Å².